The number of benzene rings is 3. The molecule has 280 valence electrons. The number of anilines is 1. The van der Waals surface area contributed by atoms with Crippen LogP contribution in [0.15, 0.2) is 72.8 Å². The number of piperidine rings is 1. The summed E-state index contributed by atoms with van der Waals surface area (Å²) in [7, 11) is 0. The van der Waals surface area contributed by atoms with Crippen LogP contribution >= 0.6 is 0 Å². The Kier molecular flexibility index (Phi) is 13.6. The molecule has 2 fully saturated rings. The minimum Gasteiger partial charge on any atom is -0.493 e. The summed E-state index contributed by atoms with van der Waals surface area (Å²) >= 11 is 0. The first-order valence-corrected chi connectivity index (χ1v) is 18.1. The van der Waals surface area contributed by atoms with E-state index in [1.807, 2.05) is 12.1 Å². The van der Waals surface area contributed by atoms with Crippen molar-refractivity contribution >= 4 is 23.5 Å². The second-order valence-corrected chi connectivity index (χ2v) is 13.7. The molecular weight excluding hydrogens is 668 g/mol. The third kappa shape index (κ3) is 9.88. The van der Waals surface area contributed by atoms with Crippen molar-refractivity contribution in [2.45, 2.75) is 96.2 Å². The average molecular weight is 719 g/mol. The van der Waals surface area contributed by atoms with Crippen molar-refractivity contribution in [3.8, 4) is 5.75 Å². The summed E-state index contributed by atoms with van der Waals surface area (Å²) in [5.41, 5.74) is 3.50. The van der Waals surface area contributed by atoms with Crippen LogP contribution in [-0.2, 0) is 36.8 Å². The number of aliphatic hydroxyl groups is 3. The normalized spacial score (nSPS) is 22.4. The molecule has 2 heterocycles. The summed E-state index contributed by atoms with van der Waals surface area (Å²) in [5.74, 6) is -1.70. The van der Waals surface area contributed by atoms with E-state index in [9.17, 15) is 29.7 Å². The van der Waals surface area contributed by atoms with Crippen LogP contribution in [0, 0.1) is 5.92 Å². The zero-order valence-electron chi connectivity index (χ0n) is 30.0. The summed E-state index contributed by atoms with van der Waals surface area (Å²) in [6.45, 7) is 8.06. The molecule has 2 aliphatic heterocycles. The number of aliphatic hydroxyl groups excluding tert-OH is 3. The number of carbonyl (C=O) groups excluding carboxylic acids is 3. The molecule has 0 aliphatic carbocycles. The molecule has 0 bridgehead atoms. The second-order valence-electron chi connectivity index (χ2n) is 13.7. The molecule has 4 N–H and O–H groups in total. The van der Waals surface area contributed by atoms with Gasteiger partial charge in [0.1, 0.15) is 36.2 Å². The van der Waals surface area contributed by atoms with Gasteiger partial charge in [-0.1, -0.05) is 68.4 Å². The minimum absolute atomic E-state index is 0.0250. The molecule has 0 aromatic heterocycles. The third-order valence-corrected chi connectivity index (χ3v) is 9.23. The van der Waals surface area contributed by atoms with E-state index in [2.05, 4.69) is 36.2 Å². The van der Waals surface area contributed by atoms with E-state index in [1.165, 1.54) is 12.5 Å². The Balaban J connectivity index is 1.26. The lowest BCUT2D eigenvalue weighted by molar-refractivity contribution is -0.280. The first-order valence-electron chi connectivity index (χ1n) is 18.1. The Hall–Kier alpha value is -4.49. The maximum Gasteiger partial charge on any atom is 0.344 e. The van der Waals surface area contributed by atoms with Gasteiger partial charge in [0.2, 0.25) is 12.2 Å². The van der Waals surface area contributed by atoms with Crippen molar-refractivity contribution in [3.63, 3.8) is 0 Å². The number of hydrogen-bond donors (Lipinski definition) is 4. The van der Waals surface area contributed by atoms with Gasteiger partial charge in [0.05, 0.1) is 19.1 Å². The van der Waals surface area contributed by atoms with Gasteiger partial charge in [-0.15, -0.1) is 0 Å². The Morgan fingerprint density at radius 3 is 2.31 bits per heavy atom. The van der Waals surface area contributed by atoms with Gasteiger partial charge in [0, 0.05) is 18.8 Å². The summed E-state index contributed by atoms with van der Waals surface area (Å²) in [6, 6.07) is 21.5. The molecule has 5 rings (SSSR count). The van der Waals surface area contributed by atoms with Crippen molar-refractivity contribution in [1.29, 1.82) is 0 Å². The molecule has 3 aromatic rings. The Morgan fingerprint density at radius 1 is 0.885 bits per heavy atom. The topological polar surface area (TPSA) is 164 Å². The van der Waals surface area contributed by atoms with Crippen molar-refractivity contribution < 1.29 is 48.7 Å². The van der Waals surface area contributed by atoms with Crippen molar-refractivity contribution in [3.05, 3.63) is 95.1 Å². The van der Waals surface area contributed by atoms with Gasteiger partial charge < -0.3 is 44.5 Å². The first-order chi connectivity index (χ1) is 25.0. The number of carbonyl (C=O) groups is 3. The molecule has 0 saturated carbocycles. The third-order valence-electron chi connectivity index (χ3n) is 9.23. The van der Waals surface area contributed by atoms with E-state index in [0.717, 1.165) is 43.6 Å². The van der Waals surface area contributed by atoms with E-state index >= 15 is 0 Å². The SMILES string of the molecule is CCOc1cc(CC(=O)N[C@@H](CC(C)C)c2ccccc2N2CCCCC2)ccc1C(=O)O[C@@H]1O[C@@H](C(=O)OCc2ccccc2)[C@@H](O)[C@@H](O)[C@@H]1O. The molecule has 12 heteroatoms. The van der Waals surface area contributed by atoms with Gasteiger partial charge in [-0.25, -0.2) is 9.59 Å². The summed E-state index contributed by atoms with van der Waals surface area (Å²) in [6.07, 6.45) is -4.83. The van der Waals surface area contributed by atoms with E-state index in [1.54, 1.807) is 49.4 Å². The molecule has 1 amide bonds. The number of nitrogens with one attached hydrogen (secondary N) is 1. The van der Waals surface area contributed by atoms with Gasteiger partial charge in [-0.3, -0.25) is 4.79 Å². The van der Waals surface area contributed by atoms with Crippen LogP contribution in [-0.4, -0.2) is 83.6 Å². The number of nitrogens with zero attached hydrogens (tertiary/aromatic N) is 1. The number of esters is 2. The molecule has 52 heavy (non-hydrogen) atoms. The smallest absolute Gasteiger partial charge is 0.344 e. The predicted octanol–water partition coefficient (Wildman–Crippen LogP) is 4.23. The zero-order valence-corrected chi connectivity index (χ0v) is 30.0. The number of rotatable bonds is 14. The molecule has 12 nitrogen and oxygen atoms in total. The van der Waals surface area contributed by atoms with Gasteiger partial charge >= 0.3 is 11.9 Å². The molecule has 0 unspecified atom stereocenters. The van der Waals surface area contributed by atoms with Crippen LogP contribution in [0.3, 0.4) is 0 Å². The fourth-order valence-electron chi connectivity index (χ4n) is 6.61. The quantitative estimate of drug-likeness (QED) is 0.177. The Labute approximate surface area is 304 Å². The monoisotopic (exact) mass is 718 g/mol. The Bertz CT molecular complexity index is 1640. The van der Waals surface area contributed by atoms with Crippen LogP contribution in [0.1, 0.15) is 79.5 Å². The summed E-state index contributed by atoms with van der Waals surface area (Å²) < 4.78 is 21.9. The standard InChI is InChI=1S/C40H50N2O10/c1-4-49-32-22-27(23-33(43)41-30(21-25(2)3)28-15-9-10-16-31(28)42-19-11-6-12-20-42)17-18-29(32)38(47)52-40-36(46)34(44)35(45)37(51-40)39(48)50-24-26-13-7-5-8-14-26/h5,7-10,13-18,22,25,30,34-37,40,44-46H,4,6,11-12,19-21,23-24H2,1-3H3,(H,41,43)/t30-,34+,35-,36-,37+,40-/m0/s1. The van der Waals surface area contributed by atoms with Gasteiger partial charge in [0.15, 0.2) is 6.10 Å². The predicted molar refractivity (Wildman–Crippen MR) is 192 cm³/mol. The number of hydrogen-bond acceptors (Lipinski definition) is 11. The molecule has 3 aromatic carbocycles. The number of ether oxygens (including phenoxy) is 4. The molecule has 0 radical (unpaired) electrons. The lowest BCUT2D eigenvalue weighted by Gasteiger charge is -2.38. The lowest BCUT2D eigenvalue weighted by atomic mass is 9.94. The summed E-state index contributed by atoms with van der Waals surface area (Å²) in [5, 5.41) is 34.8. The highest BCUT2D eigenvalue weighted by Gasteiger charge is 2.49. The van der Waals surface area contributed by atoms with Crippen LogP contribution < -0.4 is 15.0 Å². The molecule has 2 aliphatic rings. The van der Waals surface area contributed by atoms with Crippen molar-refractivity contribution in [2.24, 2.45) is 5.92 Å². The second kappa shape index (κ2) is 18.3. The minimum atomic E-state index is -1.88. The van der Waals surface area contributed by atoms with E-state index < -0.39 is 42.6 Å². The molecular formula is C40H50N2O10. The summed E-state index contributed by atoms with van der Waals surface area (Å²) in [4.78, 5) is 42.1. The van der Waals surface area contributed by atoms with Crippen LogP contribution in [0.5, 0.6) is 5.75 Å². The van der Waals surface area contributed by atoms with Crippen LogP contribution in [0.4, 0.5) is 5.69 Å². The number of para-hydroxylation sites is 1. The van der Waals surface area contributed by atoms with E-state index in [4.69, 9.17) is 18.9 Å². The van der Waals surface area contributed by atoms with Crippen molar-refractivity contribution in [1.82, 2.24) is 5.32 Å². The van der Waals surface area contributed by atoms with E-state index in [0.29, 0.717) is 17.0 Å². The fraction of sp³-hybridized carbons (Fsp3) is 0.475. The van der Waals surface area contributed by atoms with Gasteiger partial charge in [0.25, 0.3) is 0 Å². The largest absolute Gasteiger partial charge is 0.493 e. The van der Waals surface area contributed by atoms with Crippen LogP contribution in [0.2, 0.25) is 0 Å². The zero-order chi connectivity index (χ0) is 37.2. The van der Waals surface area contributed by atoms with Crippen LogP contribution in [0.25, 0.3) is 0 Å². The van der Waals surface area contributed by atoms with Gasteiger partial charge in [-0.05, 0) is 73.4 Å². The fourth-order valence-corrected chi connectivity index (χ4v) is 6.61. The molecule has 6 atom stereocenters. The Morgan fingerprint density at radius 2 is 1.60 bits per heavy atom. The maximum atomic E-state index is 13.5. The van der Waals surface area contributed by atoms with E-state index in [-0.39, 0.29) is 42.9 Å². The average Bonchev–Trinajstić information content (AvgIpc) is 3.14. The first kappa shape index (κ1) is 38.7. The van der Waals surface area contributed by atoms with Gasteiger partial charge in [-0.2, -0.15) is 0 Å². The highest BCUT2D eigenvalue weighted by atomic mass is 16.7. The lowest BCUT2D eigenvalue weighted by Crippen LogP contribution is -2.60. The maximum absolute atomic E-state index is 13.5. The number of amides is 1. The van der Waals surface area contributed by atoms with Crippen molar-refractivity contribution in [2.75, 3.05) is 24.6 Å². The molecule has 0 spiro atoms. The highest BCUT2D eigenvalue weighted by molar-refractivity contribution is 5.93. The highest BCUT2D eigenvalue weighted by Crippen LogP contribution is 2.33. The molecule has 2 saturated heterocycles.